The maximum absolute atomic E-state index is 12.5. The third-order valence-electron chi connectivity index (χ3n) is 4.08. The van der Waals surface area contributed by atoms with E-state index in [4.69, 9.17) is 0 Å². The van der Waals surface area contributed by atoms with Crippen LogP contribution in [0.4, 0.5) is 5.69 Å². The molecule has 1 aliphatic heterocycles. The van der Waals surface area contributed by atoms with Gasteiger partial charge in [-0.1, -0.05) is 0 Å². The van der Waals surface area contributed by atoms with Gasteiger partial charge in [-0.25, -0.2) is 0 Å². The van der Waals surface area contributed by atoms with Crippen molar-refractivity contribution in [2.45, 2.75) is 6.54 Å². The smallest absolute Gasteiger partial charge is 0.246 e. The van der Waals surface area contributed by atoms with Crippen LogP contribution in [0.5, 0.6) is 0 Å². The summed E-state index contributed by atoms with van der Waals surface area (Å²) < 4.78 is 3.71. The van der Waals surface area contributed by atoms with Crippen molar-refractivity contribution in [3.05, 3.63) is 36.4 Å². The molecule has 1 saturated heterocycles. The summed E-state index contributed by atoms with van der Waals surface area (Å²) in [6, 6.07) is 2.06. The molecule has 0 bridgehead atoms. The van der Waals surface area contributed by atoms with E-state index in [2.05, 4.69) is 27.7 Å². The van der Waals surface area contributed by atoms with E-state index in [0.29, 0.717) is 19.6 Å². The Kier molecular flexibility index (Phi) is 6.45. The fraction of sp³-hybridized carbons (Fsp3) is 0.438. The molecule has 3 heterocycles. The predicted octanol–water partition coefficient (Wildman–Crippen LogP) is 0.801. The molecule has 25 heavy (non-hydrogen) atoms. The number of halogens is 1. The number of rotatable bonds is 3. The second kappa shape index (κ2) is 8.37. The highest BCUT2D eigenvalue weighted by Gasteiger charge is 2.27. The SMILES string of the molecule is CN=C(NCc1ccn(C)c1)N1CCN(c2cnn(C)c2)C(=O)C1.I. The van der Waals surface area contributed by atoms with Crippen LogP contribution < -0.4 is 10.2 Å². The van der Waals surface area contributed by atoms with Gasteiger partial charge >= 0.3 is 0 Å². The molecule has 1 amide bonds. The standard InChI is InChI=1S/C16H23N7O.HI/c1-17-16(18-8-13-4-5-20(2)10-13)22-6-7-23(15(24)12-22)14-9-19-21(3)11-14;/h4-5,9-11H,6-8,12H2,1-3H3,(H,17,18);1H. The van der Waals surface area contributed by atoms with Gasteiger partial charge in [0.15, 0.2) is 5.96 Å². The van der Waals surface area contributed by atoms with Gasteiger partial charge in [0.05, 0.1) is 11.9 Å². The first kappa shape index (κ1) is 19.3. The molecule has 0 aliphatic carbocycles. The lowest BCUT2D eigenvalue weighted by Gasteiger charge is -2.35. The molecule has 136 valence electrons. The zero-order valence-corrected chi connectivity index (χ0v) is 17.0. The molecule has 1 aliphatic rings. The van der Waals surface area contributed by atoms with E-state index in [1.807, 2.05) is 36.0 Å². The topological polar surface area (TPSA) is 70.7 Å². The molecule has 9 heteroatoms. The second-order valence-corrected chi connectivity index (χ2v) is 5.93. The van der Waals surface area contributed by atoms with Crippen LogP contribution in [0.25, 0.3) is 0 Å². The lowest BCUT2D eigenvalue weighted by atomic mass is 10.3. The number of carbonyl (C=O) groups is 1. The van der Waals surface area contributed by atoms with E-state index >= 15 is 0 Å². The van der Waals surface area contributed by atoms with Crippen molar-refractivity contribution in [1.82, 2.24) is 24.6 Å². The third kappa shape index (κ3) is 4.53. The van der Waals surface area contributed by atoms with Gasteiger partial charge in [0.25, 0.3) is 0 Å². The Morgan fingerprint density at radius 2 is 2.12 bits per heavy atom. The van der Waals surface area contributed by atoms with Gasteiger partial charge in [-0.05, 0) is 11.6 Å². The molecule has 2 aromatic heterocycles. The van der Waals surface area contributed by atoms with Crippen LogP contribution in [-0.2, 0) is 25.4 Å². The highest BCUT2D eigenvalue weighted by atomic mass is 127. The second-order valence-electron chi connectivity index (χ2n) is 5.93. The molecular formula is C16H24IN7O. The summed E-state index contributed by atoms with van der Waals surface area (Å²) in [7, 11) is 5.58. The van der Waals surface area contributed by atoms with E-state index in [-0.39, 0.29) is 29.9 Å². The monoisotopic (exact) mass is 457 g/mol. The number of aromatic nitrogens is 3. The lowest BCUT2D eigenvalue weighted by Crippen LogP contribution is -2.55. The van der Waals surface area contributed by atoms with Crippen LogP contribution in [0, 0.1) is 0 Å². The maximum atomic E-state index is 12.5. The first-order chi connectivity index (χ1) is 11.6. The fourth-order valence-corrected chi connectivity index (χ4v) is 2.85. The van der Waals surface area contributed by atoms with E-state index in [0.717, 1.165) is 18.2 Å². The van der Waals surface area contributed by atoms with Crippen LogP contribution in [0.3, 0.4) is 0 Å². The molecular weight excluding hydrogens is 433 g/mol. The molecule has 0 aromatic carbocycles. The van der Waals surface area contributed by atoms with Gasteiger partial charge in [-0.15, -0.1) is 24.0 Å². The Hall–Kier alpha value is -2.04. The molecule has 2 aromatic rings. The lowest BCUT2D eigenvalue weighted by molar-refractivity contribution is -0.120. The molecule has 0 spiro atoms. The number of aliphatic imine (C=N–C) groups is 1. The van der Waals surface area contributed by atoms with Crippen molar-refractivity contribution in [3.63, 3.8) is 0 Å². The highest BCUT2D eigenvalue weighted by molar-refractivity contribution is 14.0. The van der Waals surface area contributed by atoms with Crippen molar-refractivity contribution in [2.24, 2.45) is 19.1 Å². The minimum absolute atomic E-state index is 0. The van der Waals surface area contributed by atoms with Crippen molar-refractivity contribution in [3.8, 4) is 0 Å². The van der Waals surface area contributed by atoms with Gasteiger partial charge in [0.2, 0.25) is 5.91 Å². The maximum Gasteiger partial charge on any atom is 0.246 e. The summed E-state index contributed by atoms with van der Waals surface area (Å²) >= 11 is 0. The van der Waals surface area contributed by atoms with Crippen LogP contribution in [0.2, 0.25) is 0 Å². The summed E-state index contributed by atoms with van der Waals surface area (Å²) in [6.45, 7) is 2.35. The first-order valence-electron chi connectivity index (χ1n) is 7.92. The molecule has 3 rings (SSSR count). The molecule has 1 N–H and O–H groups in total. The van der Waals surface area contributed by atoms with Gasteiger partial charge in [-0.3, -0.25) is 14.5 Å². The van der Waals surface area contributed by atoms with E-state index in [1.54, 1.807) is 22.8 Å². The molecule has 1 fully saturated rings. The third-order valence-corrected chi connectivity index (χ3v) is 4.08. The summed E-state index contributed by atoms with van der Waals surface area (Å²) in [4.78, 5) is 20.5. The molecule has 8 nitrogen and oxygen atoms in total. The number of aryl methyl sites for hydroxylation is 2. The van der Waals surface area contributed by atoms with Crippen molar-refractivity contribution < 1.29 is 4.79 Å². The van der Waals surface area contributed by atoms with E-state index < -0.39 is 0 Å². The normalized spacial score (nSPS) is 15.3. The largest absolute Gasteiger partial charge is 0.357 e. The van der Waals surface area contributed by atoms with Gasteiger partial charge in [0, 0.05) is 59.4 Å². The molecule has 0 saturated carbocycles. The van der Waals surface area contributed by atoms with Crippen LogP contribution in [0.15, 0.2) is 35.8 Å². The minimum atomic E-state index is 0. The molecule has 0 radical (unpaired) electrons. The average molecular weight is 457 g/mol. The van der Waals surface area contributed by atoms with Crippen molar-refractivity contribution in [1.29, 1.82) is 0 Å². The number of carbonyl (C=O) groups excluding carboxylic acids is 1. The fourth-order valence-electron chi connectivity index (χ4n) is 2.85. The number of nitrogens with one attached hydrogen (secondary N) is 1. The number of guanidine groups is 1. The zero-order chi connectivity index (χ0) is 17.1. The summed E-state index contributed by atoms with van der Waals surface area (Å²) in [5.74, 6) is 0.801. The van der Waals surface area contributed by atoms with Gasteiger partial charge in [-0.2, -0.15) is 5.10 Å². The molecule has 0 atom stereocenters. The van der Waals surface area contributed by atoms with Crippen LogP contribution in [-0.4, -0.2) is 57.8 Å². The first-order valence-corrected chi connectivity index (χ1v) is 7.92. The van der Waals surface area contributed by atoms with Gasteiger partial charge in [0.1, 0.15) is 6.54 Å². The highest BCUT2D eigenvalue weighted by Crippen LogP contribution is 2.16. The minimum Gasteiger partial charge on any atom is -0.357 e. The van der Waals surface area contributed by atoms with Crippen LogP contribution >= 0.6 is 24.0 Å². The number of hydrogen-bond donors (Lipinski definition) is 1. The molecule has 0 unspecified atom stereocenters. The summed E-state index contributed by atoms with van der Waals surface area (Å²) in [5, 5.41) is 7.46. The predicted molar refractivity (Wildman–Crippen MR) is 108 cm³/mol. The zero-order valence-electron chi connectivity index (χ0n) is 14.7. The van der Waals surface area contributed by atoms with E-state index in [9.17, 15) is 4.79 Å². The summed E-state index contributed by atoms with van der Waals surface area (Å²) in [5.41, 5.74) is 2.02. The van der Waals surface area contributed by atoms with Gasteiger partial charge < -0.3 is 19.7 Å². The number of hydrogen-bond acceptors (Lipinski definition) is 3. The van der Waals surface area contributed by atoms with E-state index in [1.165, 1.54) is 5.56 Å². The number of piperazine rings is 1. The average Bonchev–Trinajstić information content (AvgIpc) is 3.16. The van der Waals surface area contributed by atoms with Crippen molar-refractivity contribution >= 4 is 41.5 Å². The quantitative estimate of drug-likeness (QED) is 0.421. The summed E-state index contributed by atoms with van der Waals surface area (Å²) in [6.07, 6.45) is 7.65. The number of anilines is 1. The Balaban J connectivity index is 0.00000225. The Bertz CT molecular complexity index is 751. The Labute approximate surface area is 164 Å². The van der Waals surface area contributed by atoms with Crippen LogP contribution in [0.1, 0.15) is 5.56 Å². The number of amides is 1. The number of nitrogens with zero attached hydrogens (tertiary/aromatic N) is 6. The van der Waals surface area contributed by atoms with Crippen molar-refractivity contribution in [2.75, 3.05) is 31.6 Å². The Morgan fingerprint density at radius 1 is 1.32 bits per heavy atom. The Morgan fingerprint density at radius 3 is 2.68 bits per heavy atom.